The van der Waals surface area contributed by atoms with Crippen LogP contribution in [-0.2, 0) is 14.3 Å². The molecule has 2 atom stereocenters. The van der Waals surface area contributed by atoms with E-state index in [2.05, 4.69) is 5.32 Å². The summed E-state index contributed by atoms with van der Waals surface area (Å²) in [6.45, 7) is 1.93. The lowest BCUT2D eigenvalue weighted by Crippen LogP contribution is -2.58. The Balaban J connectivity index is 2.05. The van der Waals surface area contributed by atoms with Crippen molar-refractivity contribution >= 4 is 11.9 Å². The third-order valence-electron chi connectivity index (χ3n) is 4.20. The topological polar surface area (TPSA) is 102 Å². The molecule has 2 fully saturated rings. The standard InChI is InChI=1S/C12H20N2O4/c1-11(10(16)17)7-18-6-8(11)14-9(15)12(13)4-2-3-5-12/h8H,2-7,13H2,1H3,(H,14,15)(H,16,17). The molecule has 0 spiro atoms. The minimum atomic E-state index is -1.06. The lowest BCUT2D eigenvalue weighted by molar-refractivity contribution is -0.149. The molecule has 2 unspecified atom stereocenters. The monoisotopic (exact) mass is 256 g/mol. The Kier molecular flexibility index (Phi) is 3.33. The van der Waals surface area contributed by atoms with E-state index in [-0.39, 0.29) is 19.1 Å². The number of carboxylic acids is 1. The van der Waals surface area contributed by atoms with Crippen molar-refractivity contribution in [3.8, 4) is 0 Å². The lowest BCUT2D eigenvalue weighted by Gasteiger charge is -2.30. The van der Waals surface area contributed by atoms with E-state index in [9.17, 15) is 14.7 Å². The van der Waals surface area contributed by atoms with Gasteiger partial charge in [0.05, 0.1) is 24.8 Å². The van der Waals surface area contributed by atoms with Crippen molar-refractivity contribution in [2.45, 2.75) is 44.2 Å². The number of carboxylic acid groups (broad SMARTS) is 1. The maximum Gasteiger partial charge on any atom is 0.313 e. The van der Waals surface area contributed by atoms with Gasteiger partial charge in [0.1, 0.15) is 5.41 Å². The Hall–Kier alpha value is -1.14. The van der Waals surface area contributed by atoms with Gasteiger partial charge >= 0.3 is 5.97 Å². The fourth-order valence-electron chi connectivity index (χ4n) is 2.62. The number of aliphatic carboxylic acids is 1. The van der Waals surface area contributed by atoms with Crippen LogP contribution in [0.4, 0.5) is 0 Å². The van der Waals surface area contributed by atoms with Crippen molar-refractivity contribution in [3.05, 3.63) is 0 Å². The number of hydrogen-bond acceptors (Lipinski definition) is 4. The number of nitrogens with one attached hydrogen (secondary N) is 1. The molecule has 0 aromatic rings. The number of hydrogen-bond donors (Lipinski definition) is 3. The van der Waals surface area contributed by atoms with Crippen LogP contribution in [-0.4, -0.2) is 41.8 Å². The second kappa shape index (κ2) is 4.51. The highest BCUT2D eigenvalue weighted by Crippen LogP contribution is 2.31. The summed E-state index contributed by atoms with van der Waals surface area (Å²) in [5.41, 5.74) is 4.15. The number of nitrogens with two attached hydrogens (primary N) is 1. The van der Waals surface area contributed by atoms with Crippen molar-refractivity contribution < 1.29 is 19.4 Å². The molecule has 4 N–H and O–H groups in total. The van der Waals surface area contributed by atoms with E-state index >= 15 is 0 Å². The molecule has 1 aliphatic carbocycles. The van der Waals surface area contributed by atoms with E-state index in [1.807, 2.05) is 0 Å². The van der Waals surface area contributed by atoms with Gasteiger partial charge in [-0.15, -0.1) is 0 Å². The van der Waals surface area contributed by atoms with Crippen LogP contribution < -0.4 is 11.1 Å². The fraction of sp³-hybridized carbons (Fsp3) is 0.833. The van der Waals surface area contributed by atoms with Gasteiger partial charge in [-0.2, -0.15) is 0 Å². The summed E-state index contributed by atoms with van der Waals surface area (Å²) < 4.78 is 5.19. The Bertz CT molecular complexity index is 365. The third kappa shape index (κ3) is 2.10. The van der Waals surface area contributed by atoms with E-state index in [1.165, 1.54) is 0 Å². The molecule has 1 amide bonds. The summed E-state index contributed by atoms with van der Waals surface area (Å²) in [6, 6.07) is -0.511. The molecule has 2 rings (SSSR count). The van der Waals surface area contributed by atoms with Crippen LogP contribution in [0.2, 0.25) is 0 Å². The summed E-state index contributed by atoms with van der Waals surface area (Å²) in [4.78, 5) is 23.4. The highest BCUT2D eigenvalue weighted by Gasteiger charge is 2.49. The van der Waals surface area contributed by atoms with Gasteiger partial charge in [-0.25, -0.2) is 0 Å². The molecule has 1 saturated carbocycles. The molecule has 1 saturated heterocycles. The molecule has 6 heteroatoms. The SMILES string of the molecule is CC1(C(=O)O)COCC1NC(=O)C1(N)CCCC1. The van der Waals surface area contributed by atoms with Gasteiger partial charge in [0.25, 0.3) is 0 Å². The molecule has 0 radical (unpaired) electrons. The van der Waals surface area contributed by atoms with Gasteiger partial charge < -0.3 is 20.9 Å². The number of amides is 1. The number of ether oxygens (including phenoxy) is 1. The highest BCUT2D eigenvalue weighted by atomic mass is 16.5. The van der Waals surface area contributed by atoms with Gasteiger partial charge in [-0.05, 0) is 19.8 Å². The molecule has 102 valence electrons. The molecule has 1 aliphatic heterocycles. The van der Waals surface area contributed by atoms with Crippen LogP contribution >= 0.6 is 0 Å². The van der Waals surface area contributed by atoms with Gasteiger partial charge in [0.15, 0.2) is 0 Å². The summed E-state index contributed by atoms with van der Waals surface area (Å²) in [5.74, 6) is -1.20. The number of carbonyl (C=O) groups excluding carboxylic acids is 1. The van der Waals surface area contributed by atoms with Crippen molar-refractivity contribution in [1.82, 2.24) is 5.32 Å². The average Bonchev–Trinajstić information content (AvgIpc) is 2.88. The van der Waals surface area contributed by atoms with E-state index in [1.54, 1.807) is 6.92 Å². The van der Waals surface area contributed by atoms with E-state index in [4.69, 9.17) is 10.5 Å². The van der Waals surface area contributed by atoms with E-state index < -0.39 is 23.0 Å². The second-order valence-corrected chi connectivity index (χ2v) is 5.63. The first kappa shape index (κ1) is 13.3. The quantitative estimate of drug-likeness (QED) is 0.652. The predicted molar refractivity (Wildman–Crippen MR) is 63.9 cm³/mol. The average molecular weight is 256 g/mol. The molecule has 2 aliphatic rings. The summed E-state index contributed by atoms with van der Waals surface area (Å²) in [5, 5.41) is 12.0. The summed E-state index contributed by atoms with van der Waals surface area (Å²) in [6.07, 6.45) is 3.22. The zero-order valence-electron chi connectivity index (χ0n) is 10.6. The molecule has 0 bridgehead atoms. The Labute approximate surface area is 106 Å². The molecule has 1 heterocycles. The third-order valence-corrected chi connectivity index (χ3v) is 4.20. The zero-order chi connectivity index (χ0) is 13.4. The number of carbonyl (C=O) groups is 2. The largest absolute Gasteiger partial charge is 0.481 e. The van der Waals surface area contributed by atoms with Crippen molar-refractivity contribution in [2.24, 2.45) is 11.1 Å². The zero-order valence-corrected chi connectivity index (χ0v) is 10.6. The maximum atomic E-state index is 12.1. The minimum Gasteiger partial charge on any atom is -0.481 e. The molecule has 0 aromatic heterocycles. The number of rotatable bonds is 3. The van der Waals surface area contributed by atoms with Crippen LogP contribution in [0.5, 0.6) is 0 Å². The lowest BCUT2D eigenvalue weighted by atomic mass is 9.84. The van der Waals surface area contributed by atoms with Crippen LogP contribution in [0.3, 0.4) is 0 Å². The fourth-order valence-corrected chi connectivity index (χ4v) is 2.62. The first-order valence-electron chi connectivity index (χ1n) is 6.29. The van der Waals surface area contributed by atoms with E-state index in [0.717, 1.165) is 12.8 Å². The van der Waals surface area contributed by atoms with Crippen molar-refractivity contribution in [3.63, 3.8) is 0 Å². The van der Waals surface area contributed by atoms with Gasteiger partial charge in [-0.3, -0.25) is 9.59 Å². The first-order valence-corrected chi connectivity index (χ1v) is 6.29. The predicted octanol–water partition coefficient (Wildman–Crippen LogP) is -0.136. The van der Waals surface area contributed by atoms with Crippen LogP contribution in [0.1, 0.15) is 32.6 Å². The second-order valence-electron chi connectivity index (χ2n) is 5.63. The molecule has 18 heavy (non-hydrogen) atoms. The highest BCUT2D eigenvalue weighted by molar-refractivity contribution is 5.87. The van der Waals surface area contributed by atoms with Crippen LogP contribution in [0, 0.1) is 5.41 Å². The maximum absolute atomic E-state index is 12.1. The molecular formula is C12H20N2O4. The molecule has 6 nitrogen and oxygen atoms in total. The summed E-state index contributed by atoms with van der Waals surface area (Å²) in [7, 11) is 0. The van der Waals surface area contributed by atoms with E-state index in [0.29, 0.717) is 12.8 Å². The summed E-state index contributed by atoms with van der Waals surface area (Å²) >= 11 is 0. The smallest absolute Gasteiger partial charge is 0.313 e. The van der Waals surface area contributed by atoms with Gasteiger partial charge in [0, 0.05) is 0 Å². The molecular weight excluding hydrogens is 236 g/mol. The normalized spacial score (nSPS) is 34.4. The Morgan fingerprint density at radius 3 is 2.56 bits per heavy atom. The Morgan fingerprint density at radius 2 is 2.00 bits per heavy atom. The van der Waals surface area contributed by atoms with Crippen LogP contribution in [0.25, 0.3) is 0 Å². The van der Waals surface area contributed by atoms with Crippen molar-refractivity contribution in [2.75, 3.05) is 13.2 Å². The first-order chi connectivity index (χ1) is 8.38. The Morgan fingerprint density at radius 1 is 1.39 bits per heavy atom. The van der Waals surface area contributed by atoms with Crippen molar-refractivity contribution in [1.29, 1.82) is 0 Å². The van der Waals surface area contributed by atoms with Gasteiger partial charge in [-0.1, -0.05) is 12.8 Å². The molecule has 0 aromatic carbocycles. The van der Waals surface area contributed by atoms with Crippen LogP contribution in [0.15, 0.2) is 0 Å². The van der Waals surface area contributed by atoms with Gasteiger partial charge in [0.2, 0.25) is 5.91 Å². The minimum absolute atomic E-state index is 0.116.